The van der Waals surface area contributed by atoms with Gasteiger partial charge in [0.15, 0.2) is 0 Å². The van der Waals surface area contributed by atoms with E-state index in [1.54, 1.807) is 6.07 Å². The molecule has 1 fully saturated rings. The van der Waals surface area contributed by atoms with Crippen LogP contribution in [-0.2, 0) is 6.42 Å². The van der Waals surface area contributed by atoms with Crippen LogP contribution in [0.15, 0.2) is 18.2 Å². The highest BCUT2D eigenvalue weighted by atomic mass is 19.1. The van der Waals surface area contributed by atoms with E-state index in [0.717, 1.165) is 37.1 Å². The zero-order valence-corrected chi connectivity index (χ0v) is 13.5. The molecule has 21 heavy (non-hydrogen) atoms. The van der Waals surface area contributed by atoms with Crippen LogP contribution in [0.4, 0.5) is 4.39 Å². The highest BCUT2D eigenvalue weighted by Gasteiger charge is 2.39. The Hall–Kier alpha value is -0.970. The second kappa shape index (κ2) is 6.86. The predicted molar refractivity (Wildman–Crippen MR) is 85.5 cm³/mol. The Morgan fingerprint density at radius 1 is 1.38 bits per heavy atom. The maximum absolute atomic E-state index is 13.5. The summed E-state index contributed by atoms with van der Waals surface area (Å²) in [5, 5.41) is 0. The Bertz CT molecular complexity index is 471. The van der Waals surface area contributed by atoms with Gasteiger partial charge in [0.1, 0.15) is 5.82 Å². The zero-order valence-electron chi connectivity index (χ0n) is 13.5. The van der Waals surface area contributed by atoms with Crippen molar-refractivity contribution in [2.75, 3.05) is 13.1 Å². The molecule has 1 aromatic rings. The molecule has 0 amide bonds. The number of hydrogen-bond donors (Lipinski definition) is 2. The minimum absolute atomic E-state index is 0.00398. The normalized spacial score (nSPS) is 20.4. The SMILES string of the molecule is CCC(C)(C(Cc1cc(F)ccc1C)NN)N1CCCC1. The first-order valence-corrected chi connectivity index (χ1v) is 7.97. The third kappa shape index (κ3) is 3.44. The Morgan fingerprint density at radius 3 is 2.62 bits per heavy atom. The molecular formula is C17H28FN3. The number of hydrazine groups is 1. The Morgan fingerprint density at radius 2 is 2.05 bits per heavy atom. The summed E-state index contributed by atoms with van der Waals surface area (Å²) in [6.45, 7) is 8.77. The third-order valence-corrected chi connectivity index (χ3v) is 5.23. The van der Waals surface area contributed by atoms with Crippen molar-refractivity contribution in [2.45, 2.75) is 58.0 Å². The second-order valence-electron chi connectivity index (χ2n) is 6.40. The number of nitrogens with one attached hydrogen (secondary N) is 1. The van der Waals surface area contributed by atoms with Crippen molar-refractivity contribution in [3.8, 4) is 0 Å². The number of halogens is 1. The van der Waals surface area contributed by atoms with Crippen LogP contribution in [0.2, 0.25) is 0 Å². The lowest BCUT2D eigenvalue weighted by molar-refractivity contribution is 0.0840. The third-order valence-electron chi connectivity index (χ3n) is 5.23. The minimum atomic E-state index is -0.175. The molecule has 1 aliphatic rings. The van der Waals surface area contributed by atoms with E-state index < -0.39 is 0 Å². The smallest absolute Gasteiger partial charge is 0.123 e. The number of benzene rings is 1. The van der Waals surface area contributed by atoms with E-state index in [2.05, 4.69) is 24.2 Å². The summed E-state index contributed by atoms with van der Waals surface area (Å²) >= 11 is 0. The Labute approximate surface area is 127 Å². The number of likely N-dealkylation sites (tertiary alicyclic amines) is 1. The van der Waals surface area contributed by atoms with Crippen LogP contribution < -0.4 is 11.3 Å². The summed E-state index contributed by atoms with van der Waals surface area (Å²) in [5.41, 5.74) is 5.17. The van der Waals surface area contributed by atoms with E-state index in [4.69, 9.17) is 5.84 Å². The van der Waals surface area contributed by atoms with Crippen LogP contribution in [0, 0.1) is 12.7 Å². The van der Waals surface area contributed by atoms with E-state index in [0.29, 0.717) is 0 Å². The van der Waals surface area contributed by atoms with Crippen molar-refractivity contribution in [1.29, 1.82) is 0 Å². The lowest BCUT2D eigenvalue weighted by Crippen LogP contribution is -2.61. The van der Waals surface area contributed by atoms with Crippen molar-refractivity contribution in [3.05, 3.63) is 35.1 Å². The quantitative estimate of drug-likeness (QED) is 0.626. The van der Waals surface area contributed by atoms with Gasteiger partial charge in [0.05, 0.1) is 0 Å². The maximum atomic E-state index is 13.5. The fourth-order valence-corrected chi connectivity index (χ4v) is 3.46. The van der Waals surface area contributed by atoms with Crippen molar-refractivity contribution >= 4 is 0 Å². The fraction of sp³-hybridized carbons (Fsp3) is 0.647. The van der Waals surface area contributed by atoms with Gasteiger partial charge >= 0.3 is 0 Å². The molecule has 118 valence electrons. The summed E-state index contributed by atoms with van der Waals surface area (Å²) in [5.74, 6) is 5.69. The second-order valence-corrected chi connectivity index (χ2v) is 6.40. The van der Waals surface area contributed by atoms with E-state index in [1.807, 2.05) is 13.0 Å². The standard InChI is InChI=1S/C17H28FN3/c1-4-17(3,21-9-5-6-10-21)16(20-19)12-14-11-15(18)8-7-13(14)2/h7-8,11,16,20H,4-6,9-10,12,19H2,1-3H3. The van der Waals surface area contributed by atoms with E-state index in [-0.39, 0.29) is 17.4 Å². The van der Waals surface area contributed by atoms with Gasteiger partial charge in [-0.3, -0.25) is 16.2 Å². The van der Waals surface area contributed by atoms with Crippen molar-refractivity contribution in [2.24, 2.45) is 5.84 Å². The monoisotopic (exact) mass is 293 g/mol. The van der Waals surface area contributed by atoms with Crippen LogP contribution in [0.25, 0.3) is 0 Å². The molecule has 0 aliphatic carbocycles. The van der Waals surface area contributed by atoms with Gasteiger partial charge in [0.2, 0.25) is 0 Å². The molecular weight excluding hydrogens is 265 g/mol. The summed E-state index contributed by atoms with van der Waals surface area (Å²) in [6.07, 6.45) is 4.29. The molecule has 2 unspecified atom stereocenters. The summed E-state index contributed by atoms with van der Waals surface area (Å²) in [6, 6.07) is 5.11. The molecule has 0 radical (unpaired) electrons. The first-order chi connectivity index (χ1) is 10.0. The lowest BCUT2D eigenvalue weighted by Gasteiger charge is -2.44. The van der Waals surface area contributed by atoms with Crippen LogP contribution in [0.3, 0.4) is 0 Å². The number of nitrogens with zero attached hydrogens (tertiary/aromatic N) is 1. The fourth-order valence-electron chi connectivity index (χ4n) is 3.46. The Kier molecular flexibility index (Phi) is 5.36. The largest absolute Gasteiger partial charge is 0.296 e. The zero-order chi connectivity index (χ0) is 15.5. The minimum Gasteiger partial charge on any atom is -0.296 e. The van der Waals surface area contributed by atoms with Gasteiger partial charge in [0.25, 0.3) is 0 Å². The van der Waals surface area contributed by atoms with Gasteiger partial charge < -0.3 is 0 Å². The van der Waals surface area contributed by atoms with Crippen molar-refractivity contribution in [3.63, 3.8) is 0 Å². The molecule has 1 saturated heterocycles. The summed E-state index contributed by atoms with van der Waals surface area (Å²) in [4.78, 5) is 2.53. The van der Waals surface area contributed by atoms with E-state index >= 15 is 0 Å². The maximum Gasteiger partial charge on any atom is 0.123 e. The molecule has 0 aromatic heterocycles. The topological polar surface area (TPSA) is 41.3 Å². The molecule has 3 N–H and O–H groups in total. The lowest BCUT2D eigenvalue weighted by atomic mass is 9.83. The van der Waals surface area contributed by atoms with Gasteiger partial charge in [-0.15, -0.1) is 0 Å². The molecule has 1 aromatic carbocycles. The first-order valence-electron chi connectivity index (χ1n) is 7.97. The van der Waals surface area contributed by atoms with Gasteiger partial charge in [-0.05, 0) is 75.9 Å². The summed E-state index contributed by atoms with van der Waals surface area (Å²) in [7, 11) is 0. The van der Waals surface area contributed by atoms with Gasteiger partial charge in [-0.2, -0.15) is 0 Å². The molecule has 0 bridgehead atoms. The van der Waals surface area contributed by atoms with Crippen molar-refractivity contribution < 1.29 is 4.39 Å². The number of aryl methyl sites for hydroxylation is 1. The number of rotatable bonds is 6. The van der Waals surface area contributed by atoms with Gasteiger partial charge in [-0.25, -0.2) is 4.39 Å². The van der Waals surface area contributed by atoms with Crippen LogP contribution in [-0.4, -0.2) is 29.6 Å². The molecule has 4 heteroatoms. The van der Waals surface area contributed by atoms with Gasteiger partial charge in [0, 0.05) is 11.6 Å². The van der Waals surface area contributed by atoms with Crippen LogP contribution in [0.5, 0.6) is 0 Å². The molecule has 2 atom stereocenters. The van der Waals surface area contributed by atoms with E-state index in [1.165, 1.54) is 18.9 Å². The number of nitrogens with two attached hydrogens (primary N) is 1. The van der Waals surface area contributed by atoms with Crippen molar-refractivity contribution in [1.82, 2.24) is 10.3 Å². The summed E-state index contributed by atoms with van der Waals surface area (Å²) < 4.78 is 13.5. The molecule has 1 heterocycles. The van der Waals surface area contributed by atoms with Crippen LogP contribution in [0.1, 0.15) is 44.2 Å². The molecule has 2 rings (SSSR count). The highest BCUT2D eigenvalue weighted by molar-refractivity contribution is 5.28. The van der Waals surface area contributed by atoms with Gasteiger partial charge in [-0.1, -0.05) is 13.0 Å². The van der Waals surface area contributed by atoms with E-state index in [9.17, 15) is 4.39 Å². The molecule has 3 nitrogen and oxygen atoms in total. The highest BCUT2D eigenvalue weighted by Crippen LogP contribution is 2.30. The average Bonchev–Trinajstić information content (AvgIpc) is 3.02. The first kappa shape index (κ1) is 16.4. The molecule has 0 saturated carbocycles. The average molecular weight is 293 g/mol. The molecule has 1 aliphatic heterocycles. The number of hydrogen-bond acceptors (Lipinski definition) is 3. The Balaban J connectivity index is 2.22. The molecule has 0 spiro atoms. The van der Waals surface area contributed by atoms with Crippen LogP contribution >= 0.6 is 0 Å². The predicted octanol–water partition coefficient (Wildman–Crippen LogP) is 2.77.